The molecule has 0 aromatic rings. The Balaban J connectivity index is 0. The zero-order chi connectivity index (χ0) is 0. The second-order valence-electron chi connectivity index (χ2n) is 0. The molecular formula is H16AlGaIn2O2Zn2. The molecule has 44 valence electrons. The molecule has 2 nitrogen and oxygen atoms in total. The van der Waals surface area contributed by atoms with E-state index in [9.17, 15) is 0 Å². The normalized spacial score (nSPS) is 0. The molecule has 0 aromatic heterocycles. The van der Waals surface area contributed by atoms with Gasteiger partial charge in [0.15, 0.2) is 17.4 Å². The predicted molar refractivity (Wildman–Crippen MR) is 47.0 cm³/mol. The van der Waals surface area contributed by atoms with E-state index in [4.69, 9.17) is 0 Å². The summed E-state index contributed by atoms with van der Waals surface area (Å²) < 4.78 is 0. The van der Waals surface area contributed by atoms with Gasteiger partial charge in [0.1, 0.15) is 0 Å². The van der Waals surface area contributed by atoms with Crippen LogP contribution in [0.15, 0.2) is 0 Å². The number of rotatable bonds is 0. The Kier molecular flexibility index (Phi) is 754. The first kappa shape index (κ1) is 89.2. The van der Waals surface area contributed by atoms with Gasteiger partial charge in [0.05, 0.1) is 0 Å². The van der Waals surface area contributed by atoms with Crippen molar-refractivity contribution in [3.8, 4) is 0 Å². The average molecular weight is 505 g/mol. The van der Waals surface area contributed by atoms with Gasteiger partial charge in [0, 0.05) is 39.0 Å². The molecule has 0 aromatic carbocycles. The van der Waals surface area contributed by atoms with Crippen molar-refractivity contribution < 1.29 is 49.9 Å². The molecule has 0 bridgehead atoms. The van der Waals surface area contributed by atoms with Crippen LogP contribution in [0.3, 0.4) is 0 Å². The van der Waals surface area contributed by atoms with Gasteiger partial charge in [-0.25, -0.2) is 0 Å². The Morgan fingerprint density at radius 3 is 0.625 bits per heavy atom. The van der Waals surface area contributed by atoms with Gasteiger partial charge in [-0.2, -0.15) is 0 Å². The van der Waals surface area contributed by atoms with Crippen LogP contribution in [0.25, 0.3) is 0 Å². The molecular weight excluding hydrogens is 489 g/mol. The van der Waals surface area contributed by atoms with E-state index in [1.165, 1.54) is 0 Å². The van der Waals surface area contributed by atoms with E-state index >= 15 is 0 Å². The largest absolute Gasteiger partial charge is 0 e. The van der Waals surface area contributed by atoms with Crippen molar-refractivity contribution >= 4 is 88.8 Å². The van der Waals surface area contributed by atoms with Gasteiger partial charge in [-0.05, 0) is 0 Å². The molecule has 0 fully saturated rings. The van der Waals surface area contributed by atoms with E-state index in [1.807, 2.05) is 0 Å². The van der Waals surface area contributed by atoms with Crippen LogP contribution in [-0.2, 0) is 39.0 Å². The molecule has 0 spiro atoms. The zero-order valence-corrected chi connectivity index (χ0v) is 8.35. The van der Waals surface area contributed by atoms with Gasteiger partial charge in [0.2, 0.25) is 0 Å². The smallest absolute Gasteiger partial charge is 0 e. The van der Waals surface area contributed by atoms with Crippen LogP contribution in [-0.4, -0.2) is 99.8 Å². The Morgan fingerprint density at radius 1 is 0.625 bits per heavy atom. The summed E-state index contributed by atoms with van der Waals surface area (Å²) in [6.45, 7) is 0. The molecule has 8 heavy (non-hydrogen) atoms. The summed E-state index contributed by atoms with van der Waals surface area (Å²) in [6.07, 6.45) is 0. The summed E-state index contributed by atoms with van der Waals surface area (Å²) >= 11 is 0. The fraction of sp³-hybridized carbons (Fsp3) is 0. The summed E-state index contributed by atoms with van der Waals surface area (Å²) in [6, 6.07) is 0. The number of hydrogen-bond acceptors (Lipinski definition) is 0. The number of hydrogen-bond donors (Lipinski definition) is 0. The summed E-state index contributed by atoms with van der Waals surface area (Å²) in [5.41, 5.74) is 0. The zero-order valence-electron chi connectivity index (χ0n) is 2.41. The summed E-state index contributed by atoms with van der Waals surface area (Å²) in [4.78, 5) is 0. The van der Waals surface area contributed by atoms with Crippen molar-refractivity contribution in [3.05, 3.63) is 0 Å². The Labute approximate surface area is 136 Å². The standard InChI is InChI=1S/Al.Ga.2In.2H2O.2Zn.12H/h;;;;2*1H2;;;;;;;;;;;;;;. The van der Waals surface area contributed by atoms with Crippen molar-refractivity contribution in [1.82, 2.24) is 0 Å². The van der Waals surface area contributed by atoms with E-state index in [0.717, 1.165) is 0 Å². The third-order valence-electron chi connectivity index (χ3n) is 0. The quantitative estimate of drug-likeness (QED) is 0.295. The molecule has 4 N–H and O–H groups in total. The molecule has 0 radical (unpaired) electrons. The first-order valence-electron chi connectivity index (χ1n) is 0. The maximum atomic E-state index is 0. The maximum Gasteiger partial charge on any atom is 0 e. The third kappa shape index (κ3) is 50.0. The van der Waals surface area contributed by atoms with Crippen molar-refractivity contribution in [2.45, 2.75) is 0 Å². The predicted octanol–water partition coefficient (Wildman–Crippen LogP) is -6.39. The van der Waals surface area contributed by atoms with Gasteiger partial charge in [-0.15, -0.1) is 0 Å². The molecule has 0 amide bonds. The fourth-order valence-electron chi connectivity index (χ4n) is 0. The van der Waals surface area contributed by atoms with E-state index in [-0.39, 0.29) is 139 Å². The summed E-state index contributed by atoms with van der Waals surface area (Å²) in [5.74, 6) is 0. The van der Waals surface area contributed by atoms with Crippen molar-refractivity contribution in [2.24, 2.45) is 0 Å². The molecule has 0 rings (SSSR count). The minimum atomic E-state index is 0. The van der Waals surface area contributed by atoms with Crippen molar-refractivity contribution in [3.63, 3.8) is 0 Å². The van der Waals surface area contributed by atoms with E-state index in [2.05, 4.69) is 0 Å². The molecule has 0 unspecified atom stereocenters. The molecule has 0 aliphatic carbocycles. The van der Waals surface area contributed by atoms with E-state index in [1.54, 1.807) is 0 Å². The monoisotopic (exact) mass is 502 g/mol. The average Bonchev–Trinajstić information content (AvgIpc) is 0. The minimum absolute atomic E-state index is 0. The molecule has 0 heterocycles. The van der Waals surface area contributed by atoms with Crippen LogP contribution in [0.2, 0.25) is 0 Å². The van der Waals surface area contributed by atoms with Crippen molar-refractivity contribution in [2.75, 3.05) is 0 Å². The molecule has 0 saturated carbocycles. The van der Waals surface area contributed by atoms with Crippen LogP contribution < -0.4 is 0 Å². The Hall–Kier alpha value is 4.08. The molecule has 0 aliphatic rings. The van der Waals surface area contributed by atoms with Gasteiger partial charge in [-0.3, -0.25) is 0 Å². The van der Waals surface area contributed by atoms with Gasteiger partial charge in [0.25, 0.3) is 0 Å². The van der Waals surface area contributed by atoms with Crippen LogP contribution >= 0.6 is 0 Å². The maximum absolute atomic E-state index is 0. The first-order valence-corrected chi connectivity index (χ1v) is 0. The SMILES string of the molecule is O.O.[AlH3].[GaH3].[InH3].[InH3].[Zn].[Zn]. The van der Waals surface area contributed by atoms with Crippen LogP contribution in [0, 0.1) is 0 Å². The second kappa shape index (κ2) is 67.7. The van der Waals surface area contributed by atoms with Crippen LogP contribution in [0.4, 0.5) is 0 Å². The summed E-state index contributed by atoms with van der Waals surface area (Å²) in [5, 5.41) is 0. The fourth-order valence-corrected chi connectivity index (χ4v) is 0. The second-order valence-corrected chi connectivity index (χ2v) is 0. The Morgan fingerprint density at radius 2 is 0.625 bits per heavy atom. The Bertz CT molecular complexity index is 18.0. The molecule has 0 aliphatic heterocycles. The first-order chi connectivity index (χ1) is 0. The van der Waals surface area contributed by atoms with Gasteiger partial charge < -0.3 is 11.0 Å². The minimum Gasteiger partial charge on any atom is 0 e. The van der Waals surface area contributed by atoms with E-state index in [0.29, 0.717) is 0 Å². The van der Waals surface area contributed by atoms with Crippen molar-refractivity contribution in [1.29, 1.82) is 0 Å². The third-order valence-corrected chi connectivity index (χ3v) is 0. The van der Waals surface area contributed by atoms with E-state index < -0.39 is 0 Å². The topological polar surface area (TPSA) is 63.0 Å². The van der Waals surface area contributed by atoms with Crippen LogP contribution in [0.1, 0.15) is 0 Å². The van der Waals surface area contributed by atoms with Crippen LogP contribution in [0.5, 0.6) is 0 Å². The molecule has 0 atom stereocenters. The summed E-state index contributed by atoms with van der Waals surface area (Å²) in [7, 11) is 0. The molecule has 0 saturated heterocycles. The van der Waals surface area contributed by atoms with Gasteiger partial charge >= 0.3 is 71.5 Å². The molecule has 8 heteroatoms. The van der Waals surface area contributed by atoms with Gasteiger partial charge in [-0.1, -0.05) is 0 Å².